The summed E-state index contributed by atoms with van der Waals surface area (Å²) in [5.74, 6) is 0.352. The number of nitrogens with one attached hydrogen (secondary N) is 1. The van der Waals surface area contributed by atoms with Crippen LogP contribution >= 0.6 is 15.9 Å². The van der Waals surface area contributed by atoms with Crippen molar-refractivity contribution in [1.82, 2.24) is 5.32 Å². The summed E-state index contributed by atoms with van der Waals surface area (Å²) in [6.07, 6.45) is 2.41. The summed E-state index contributed by atoms with van der Waals surface area (Å²) in [4.78, 5) is 0. The van der Waals surface area contributed by atoms with E-state index in [9.17, 15) is 4.39 Å². The molecule has 0 heterocycles. The molecular weight excluding hydrogens is 301 g/mol. The van der Waals surface area contributed by atoms with E-state index < -0.39 is 0 Å². The van der Waals surface area contributed by atoms with E-state index in [0.717, 1.165) is 6.54 Å². The molecule has 1 saturated carbocycles. The standard InChI is InChI=1S/C13H17BrFNO2/c1-17-8-11(7-16-9-2-3-9)18-10-4-5-13(15)12(14)6-10/h4-6,9,11,16H,2-3,7-8H2,1H3. The molecule has 100 valence electrons. The first kappa shape index (κ1) is 13.8. The largest absolute Gasteiger partial charge is 0.487 e. The Morgan fingerprint density at radius 2 is 2.28 bits per heavy atom. The van der Waals surface area contributed by atoms with Crippen LogP contribution in [0.2, 0.25) is 0 Å². The third kappa shape index (κ3) is 4.23. The van der Waals surface area contributed by atoms with Gasteiger partial charge in [-0.3, -0.25) is 0 Å². The molecule has 0 aromatic heterocycles. The second kappa shape index (κ2) is 6.50. The van der Waals surface area contributed by atoms with Gasteiger partial charge in [-0.1, -0.05) is 0 Å². The normalized spacial score (nSPS) is 16.6. The highest BCUT2D eigenvalue weighted by molar-refractivity contribution is 9.10. The third-order valence-electron chi connectivity index (χ3n) is 2.76. The van der Waals surface area contributed by atoms with E-state index in [1.54, 1.807) is 19.2 Å². The topological polar surface area (TPSA) is 30.5 Å². The minimum Gasteiger partial charge on any atom is -0.487 e. The SMILES string of the molecule is COCC(CNC1CC1)Oc1ccc(F)c(Br)c1. The summed E-state index contributed by atoms with van der Waals surface area (Å²) in [5, 5.41) is 3.40. The molecule has 1 fully saturated rings. The van der Waals surface area contributed by atoms with E-state index in [2.05, 4.69) is 21.2 Å². The number of ether oxygens (including phenoxy) is 2. The maximum Gasteiger partial charge on any atom is 0.137 e. The molecule has 1 aromatic rings. The highest BCUT2D eigenvalue weighted by Crippen LogP contribution is 2.23. The monoisotopic (exact) mass is 317 g/mol. The van der Waals surface area contributed by atoms with Gasteiger partial charge in [0, 0.05) is 19.7 Å². The Hall–Kier alpha value is -0.650. The van der Waals surface area contributed by atoms with Crippen molar-refractivity contribution in [2.24, 2.45) is 0 Å². The van der Waals surface area contributed by atoms with Crippen molar-refractivity contribution >= 4 is 15.9 Å². The molecule has 0 spiro atoms. The number of halogens is 2. The Bertz CT molecular complexity index is 399. The minimum atomic E-state index is -0.290. The molecule has 5 heteroatoms. The van der Waals surface area contributed by atoms with E-state index in [1.165, 1.54) is 18.9 Å². The number of methoxy groups -OCH3 is 1. The van der Waals surface area contributed by atoms with Gasteiger partial charge in [-0.2, -0.15) is 0 Å². The summed E-state index contributed by atoms with van der Waals surface area (Å²) in [5.41, 5.74) is 0. The molecule has 2 rings (SSSR count). The number of rotatable bonds is 7. The fourth-order valence-corrected chi connectivity index (χ4v) is 2.01. The van der Waals surface area contributed by atoms with Gasteiger partial charge in [0.1, 0.15) is 17.7 Å². The summed E-state index contributed by atoms with van der Waals surface area (Å²) in [6, 6.07) is 5.28. The summed E-state index contributed by atoms with van der Waals surface area (Å²) in [7, 11) is 1.65. The number of hydrogen-bond donors (Lipinski definition) is 1. The van der Waals surface area contributed by atoms with Gasteiger partial charge in [0.05, 0.1) is 11.1 Å². The second-order valence-electron chi connectivity index (χ2n) is 4.45. The molecule has 1 aliphatic rings. The van der Waals surface area contributed by atoms with Crippen LogP contribution in [0.4, 0.5) is 4.39 Å². The van der Waals surface area contributed by atoms with Crippen LogP contribution in [0, 0.1) is 5.82 Å². The number of benzene rings is 1. The Morgan fingerprint density at radius 3 is 2.89 bits per heavy atom. The number of hydrogen-bond acceptors (Lipinski definition) is 3. The van der Waals surface area contributed by atoms with Crippen molar-refractivity contribution in [3.8, 4) is 5.75 Å². The van der Waals surface area contributed by atoms with Gasteiger partial charge >= 0.3 is 0 Å². The van der Waals surface area contributed by atoms with E-state index in [0.29, 0.717) is 22.9 Å². The van der Waals surface area contributed by atoms with E-state index in [1.807, 2.05) is 0 Å². The maximum atomic E-state index is 13.1. The smallest absolute Gasteiger partial charge is 0.137 e. The quantitative estimate of drug-likeness (QED) is 0.838. The molecule has 0 bridgehead atoms. The molecule has 0 radical (unpaired) electrons. The lowest BCUT2D eigenvalue weighted by molar-refractivity contribution is 0.0803. The zero-order valence-corrected chi connectivity index (χ0v) is 11.9. The third-order valence-corrected chi connectivity index (χ3v) is 3.37. The van der Waals surface area contributed by atoms with Crippen LogP contribution in [0.3, 0.4) is 0 Å². The molecule has 0 aliphatic heterocycles. The first-order chi connectivity index (χ1) is 8.69. The van der Waals surface area contributed by atoms with Crippen molar-refractivity contribution in [3.63, 3.8) is 0 Å². The Kier molecular flexibility index (Phi) is 4.97. The molecule has 0 saturated heterocycles. The van der Waals surface area contributed by atoms with Gasteiger partial charge < -0.3 is 14.8 Å². The van der Waals surface area contributed by atoms with Crippen molar-refractivity contribution in [1.29, 1.82) is 0 Å². The first-order valence-electron chi connectivity index (χ1n) is 6.03. The predicted molar refractivity (Wildman–Crippen MR) is 71.4 cm³/mol. The lowest BCUT2D eigenvalue weighted by Crippen LogP contribution is -2.35. The molecule has 1 unspecified atom stereocenters. The molecule has 18 heavy (non-hydrogen) atoms. The summed E-state index contributed by atoms with van der Waals surface area (Å²) >= 11 is 3.15. The predicted octanol–water partition coefficient (Wildman–Crippen LogP) is 2.73. The van der Waals surface area contributed by atoms with Crippen LogP contribution in [0.25, 0.3) is 0 Å². The highest BCUT2D eigenvalue weighted by atomic mass is 79.9. The zero-order chi connectivity index (χ0) is 13.0. The van der Waals surface area contributed by atoms with Crippen molar-refractivity contribution in [3.05, 3.63) is 28.5 Å². The average molecular weight is 318 g/mol. The van der Waals surface area contributed by atoms with Crippen molar-refractivity contribution in [2.45, 2.75) is 25.0 Å². The summed E-state index contributed by atoms with van der Waals surface area (Å²) in [6.45, 7) is 1.25. The van der Waals surface area contributed by atoms with Crippen LogP contribution in [0.5, 0.6) is 5.75 Å². The lowest BCUT2D eigenvalue weighted by atomic mass is 10.3. The molecule has 1 aliphatic carbocycles. The fraction of sp³-hybridized carbons (Fsp3) is 0.538. The molecule has 1 atom stereocenters. The van der Waals surface area contributed by atoms with Crippen molar-refractivity contribution < 1.29 is 13.9 Å². The first-order valence-corrected chi connectivity index (χ1v) is 6.82. The van der Waals surface area contributed by atoms with Gasteiger partial charge in [-0.05, 0) is 47.0 Å². The van der Waals surface area contributed by atoms with Gasteiger partial charge in [0.25, 0.3) is 0 Å². The molecule has 3 nitrogen and oxygen atoms in total. The summed E-state index contributed by atoms with van der Waals surface area (Å²) < 4.78 is 24.4. The maximum absolute atomic E-state index is 13.1. The second-order valence-corrected chi connectivity index (χ2v) is 5.31. The van der Waals surface area contributed by atoms with E-state index >= 15 is 0 Å². The molecular formula is C13H17BrFNO2. The van der Waals surface area contributed by atoms with Gasteiger partial charge in [-0.15, -0.1) is 0 Å². The average Bonchev–Trinajstić information content (AvgIpc) is 3.15. The van der Waals surface area contributed by atoms with Crippen LogP contribution < -0.4 is 10.1 Å². The Labute approximate surface area is 115 Å². The minimum absolute atomic E-state index is 0.0621. The van der Waals surface area contributed by atoms with E-state index in [4.69, 9.17) is 9.47 Å². The molecule has 1 aromatic carbocycles. The highest BCUT2D eigenvalue weighted by Gasteiger charge is 2.22. The van der Waals surface area contributed by atoms with Crippen molar-refractivity contribution in [2.75, 3.05) is 20.3 Å². The van der Waals surface area contributed by atoms with Crippen LogP contribution in [-0.4, -0.2) is 32.4 Å². The van der Waals surface area contributed by atoms with Gasteiger partial charge in [0.15, 0.2) is 0 Å². The molecule has 1 N–H and O–H groups in total. The zero-order valence-electron chi connectivity index (χ0n) is 10.3. The fourth-order valence-electron chi connectivity index (χ4n) is 1.65. The van der Waals surface area contributed by atoms with Gasteiger partial charge in [0.2, 0.25) is 0 Å². The van der Waals surface area contributed by atoms with Crippen LogP contribution in [0.15, 0.2) is 22.7 Å². The van der Waals surface area contributed by atoms with E-state index in [-0.39, 0.29) is 11.9 Å². The van der Waals surface area contributed by atoms with Crippen LogP contribution in [-0.2, 0) is 4.74 Å². The molecule has 0 amide bonds. The van der Waals surface area contributed by atoms with Gasteiger partial charge in [-0.25, -0.2) is 4.39 Å². The Morgan fingerprint density at radius 1 is 1.50 bits per heavy atom. The van der Waals surface area contributed by atoms with Crippen LogP contribution in [0.1, 0.15) is 12.8 Å². The lowest BCUT2D eigenvalue weighted by Gasteiger charge is -2.19. The Balaban J connectivity index is 1.90.